The Kier molecular flexibility index (Phi) is 3.32. The van der Waals surface area contributed by atoms with E-state index in [-0.39, 0.29) is 0 Å². The average Bonchev–Trinajstić information content (AvgIpc) is 2.78. The predicted octanol–water partition coefficient (Wildman–Crippen LogP) is 4.11. The number of thiazole rings is 1. The number of nitrogens with two attached hydrogens (primary N) is 1. The molecule has 0 saturated heterocycles. The van der Waals surface area contributed by atoms with E-state index in [0.29, 0.717) is 0 Å². The second kappa shape index (κ2) is 5.13. The van der Waals surface area contributed by atoms with Gasteiger partial charge in [-0.05, 0) is 49.2 Å². The first-order valence-electron chi connectivity index (χ1n) is 6.58. The van der Waals surface area contributed by atoms with E-state index >= 15 is 0 Å². The number of rotatable bonds is 3. The molecular weight excluding hydrogens is 266 g/mol. The summed E-state index contributed by atoms with van der Waals surface area (Å²) in [5.74, 6) is 0. The molecule has 4 heteroatoms. The molecule has 0 aliphatic rings. The molecule has 0 saturated carbocycles. The summed E-state index contributed by atoms with van der Waals surface area (Å²) in [4.78, 5) is 4.56. The number of aryl methyl sites for hydroxylation is 2. The van der Waals surface area contributed by atoms with Crippen molar-refractivity contribution in [3.05, 3.63) is 52.5 Å². The molecule has 0 amide bonds. The second-order valence-corrected chi connectivity index (χ2v) is 6.21. The van der Waals surface area contributed by atoms with Gasteiger partial charge >= 0.3 is 0 Å². The minimum absolute atomic E-state index is 0.772. The van der Waals surface area contributed by atoms with Gasteiger partial charge in [0.1, 0.15) is 0 Å². The third kappa shape index (κ3) is 2.60. The third-order valence-corrected chi connectivity index (χ3v) is 4.16. The molecule has 20 heavy (non-hydrogen) atoms. The van der Waals surface area contributed by atoms with Crippen molar-refractivity contribution in [3.63, 3.8) is 0 Å². The van der Waals surface area contributed by atoms with E-state index in [4.69, 9.17) is 5.73 Å². The molecule has 1 heterocycles. The van der Waals surface area contributed by atoms with Crippen LogP contribution in [-0.4, -0.2) is 4.98 Å². The van der Waals surface area contributed by atoms with Gasteiger partial charge in [-0.15, -0.1) is 11.3 Å². The van der Waals surface area contributed by atoms with Crippen molar-refractivity contribution in [1.29, 1.82) is 0 Å². The molecule has 0 aliphatic carbocycles. The van der Waals surface area contributed by atoms with Crippen LogP contribution in [0.4, 0.5) is 11.4 Å². The van der Waals surface area contributed by atoms with Crippen LogP contribution in [0.15, 0.2) is 36.4 Å². The Morgan fingerprint density at radius 2 is 2.05 bits per heavy atom. The third-order valence-electron chi connectivity index (χ3n) is 3.24. The summed E-state index contributed by atoms with van der Waals surface area (Å²) in [5, 5.41) is 4.56. The molecule has 0 spiro atoms. The van der Waals surface area contributed by atoms with E-state index in [1.807, 2.05) is 25.1 Å². The van der Waals surface area contributed by atoms with Crippen LogP contribution in [-0.2, 0) is 6.54 Å². The predicted molar refractivity (Wildman–Crippen MR) is 87.3 cm³/mol. The van der Waals surface area contributed by atoms with Crippen molar-refractivity contribution in [3.8, 4) is 0 Å². The minimum Gasteiger partial charge on any atom is -0.399 e. The summed E-state index contributed by atoms with van der Waals surface area (Å²) in [6, 6.07) is 12.3. The number of fused-ring (bicyclic) bond motifs is 1. The Hall–Kier alpha value is -2.07. The first-order chi connectivity index (χ1) is 9.61. The number of benzene rings is 2. The molecule has 3 nitrogen and oxygen atoms in total. The SMILES string of the molecule is Cc1nc2c(C)cc(NCc3cccc(N)c3)cc2s1. The lowest BCUT2D eigenvalue weighted by molar-refractivity contribution is 1.15. The first-order valence-corrected chi connectivity index (χ1v) is 7.39. The summed E-state index contributed by atoms with van der Waals surface area (Å²) in [6.45, 7) is 4.92. The number of nitrogens with one attached hydrogen (secondary N) is 1. The summed E-state index contributed by atoms with van der Waals surface area (Å²) >= 11 is 1.73. The van der Waals surface area contributed by atoms with Gasteiger partial charge in [-0.2, -0.15) is 0 Å². The summed E-state index contributed by atoms with van der Waals surface area (Å²) in [6.07, 6.45) is 0. The molecule has 102 valence electrons. The van der Waals surface area contributed by atoms with Gasteiger partial charge in [0.2, 0.25) is 0 Å². The van der Waals surface area contributed by atoms with E-state index in [2.05, 4.69) is 35.4 Å². The van der Waals surface area contributed by atoms with Crippen molar-refractivity contribution in [2.24, 2.45) is 0 Å². The van der Waals surface area contributed by atoms with Gasteiger partial charge in [-0.3, -0.25) is 0 Å². The minimum atomic E-state index is 0.772. The van der Waals surface area contributed by atoms with Crippen molar-refractivity contribution < 1.29 is 0 Å². The molecule has 3 aromatic rings. The van der Waals surface area contributed by atoms with Crippen LogP contribution in [0.5, 0.6) is 0 Å². The quantitative estimate of drug-likeness (QED) is 0.711. The van der Waals surface area contributed by atoms with Gasteiger partial charge in [-0.1, -0.05) is 12.1 Å². The number of anilines is 2. The Morgan fingerprint density at radius 3 is 2.85 bits per heavy atom. The molecule has 3 N–H and O–H groups in total. The molecule has 0 aliphatic heterocycles. The summed E-state index contributed by atoms with van der Waals surface area (Å²) in [5.41, 5.74) is 11.2. The Balaban J connectivity index is 1.84. The summed E-state index contributed by atoms with van der Waals surface area (Å²) < 4.78 is 1.23. The van der Waals surface area contributed by atoms with Gasteiger partial charge in [0.15, 0.2) is 0 Å². The highest BCUT2D eigenvalue weighted by Gasteiger charge is 2.05. The van der Waals surface area contributed by atoms with Crippen LogP contribution in [0.1, 0.15) is 16.1 Å². The smallest absolute Gasteiger partial charge is 0.0907 e. The zero-order valence-corrected chi connectivity index (χ0v) is 12.4. The molecule has 0 bridgehead atoms. The van der Waals surface area contributed by atoms with Crippen molar-refractivity contribution in [2.45, 2.75) is 20.4 Å². The fourth-order valence-electron chi connectivity index (χ4n) is 2.32. The molecule has 3 rings (SSSR count). The normalized spacial score (nSPS) is 10.9. The molecule has 0 fully saturated rings. The van der Waals surface area contributed by atoms with Crippen LogP contribution in [0.25, 0.3) is 10.2 Å². The molecule has 0 unspecified atom stereocenters. The summed E-state index contributed by atoms with van der Waals surface area (Å²) in [7, 11) is 0. The molecule has 2 aromatic carbocycles. The zero-order valence-electron chi connectivity index (χ0n) is 11.6. The van der Waals surface area contributed by atoms with Crippen molar-refractivity contribution >= 4 is 32.9 Å². The molecule has 1 aromatic heterocycles. The average molecular weight is 283 g/mol. The molecule has 0 radical (unpaired) electrons. The van der Waals surface area contributed by atoms with Crippen molar-refractivity contribution in [1.82, 2.24) is 4.98 Å². The Bertz CT molecular complexity index is 762. The lowest BCUT2D eigenvalue weighted by Gasteiger charge is -2.08. The lowest BCUT2D eigenvalue weighted by atomic mass is 10.1. The fraction of sp³-hybridized carbons (Fsp3) is 0.188. The van der Waals surface area contributed by atoms with Crippen LogP contribution in [0.3, 0.4) is 0 Å². The number of aromatic nitrogens is 1. The van der Waals surface area contributed by atoms with E-state index < -0.39 is 0 Å². The Labute approximate surface area is 122 Å². The largest absolute Gasteiger partial charge is 0.399 e. The van der Waals surface area contributed by atoms with Crippen LogP contribution < -0.4 is 11.1 Å². The van der Waals surface area contributed by atoms with Gasteiger partial charge in [0, 0.05) is 17.9 Å². The standard InChI is InChI=1S/C16H17N3S/c1-10-6-14(8-15-16(10)19-11(2)20-15)18-9-12-4-3-5-13(17)7-12/h3-8,18H,9,17H2,1-2H3. The first kappa shape index (κ1) is 12.9. The van der Waals surface area contributed by atoms with Gasteiger partial charge in [0.05, 0.1) is 15.2 Å². The van der Waals surface area contributed by atoms with E-state index in [1.54, 1.807) is 11.3 Å². The second-order valence-electron chi connectivity index (χ2n) is 4.97. The van der Waals surface area contributed by atoms with Crippen molar-refractivity contribution in [2.75, 3.05) is 11.1 Å². The van der Waals surface area contributed by atoms with Gasteiger partial charge in [-0.25, -0.2) is 4.98 Å². The highest BCUT2D eigenvalue weighted by atomic mass is 32.1. The number of hydrogen-bond acceptors (Lipinski definition) is 4. The topological polar surface area (TPSA) is 50.9 Å². The number of hydrogen-bond donors (Lipinski definition) is 2. The fourth-order valence-corrected chi connectivity index (χ4v) is 3.26. The van der Waals surface area contributed by atoms with Crippen LogP contribution >= 0.6 is 11.3 Å². The van der Waals surface area contributed by atoms with E-state index in [9.17, 15) is 0 Å². The lowest BCUT2D eigenvalue weighted by Crippen LogP contribution is -2.00. The number of nitrogens with zero attached hydrogens (tertiary/aromatic N) is 1. The highest BCUT2D eigenvalue weighted by Crippen LogP contribution is 2.28. The molecular formula is C16H17N3S. The highest BCUT2D eigenvalue weighted by molar-refractivity contribution is 7.18. The monoisotopic (exact) mass is 283 g/mol. The maximum atomic E-state index is 5.79. The van der Waals surface area contributed by atoms with Crippen LogP contribution in [0.2, 0.25) is 0 Å². The zero-order chi connectivity index (χ0) is 14.1. The van der Waals surface area contributed by atoms with Gasteiger partial charge < -0.3 is 11.1 Å². The van der Waals surface area contributed by atoms with Gasteiger partial charge in [0.25, 0.3) is 0 Å². The molecule has 0 atom stereocenters. The van der Waals surface area contributed by atoms with Crippen LogP contribution in [0, 0.1) is 13.8 Å². The number of nitrogen functional groups attached to an aromatic ring is 1. The maximum Gasteiger partial charge on any atom is 0.0907 e. The van der Waals surface area contributed by atoms with E-state index in [1.165, 1.54) is 15.8 Å². The maximum absolute atomic E-state index is 5.79. The Morgan fingerprint density at radius 1 is 1.20 bits per heavy atom. The van der Waals surface area contributed by atoms with E-state index in [0.717, 1.165) is 28.4 Å².